The van der Waals surface area contributed by atoms with Crippen molar-refractivity contribution < 1.29 is 9.90 Å². The van der Waals surface area contributed by atoms with Crippen LogP contribution in [0.25, 0.3) is 0 Å². The summed E-state index contributed by atoms with van der Waals surface area (Å²) in [5.41, 5.74) is 0.593. The first-order valence-corrected chi connectivity index (χ1v) is 6.86. The standard InChI is InChI=1S/C15H26N2O2/c1-11(2)17-9-6-7-12(17)14(19)16-13(8-10-18)15(3,4)5/h6-7,9,11,13,18H,8,10H2,1-5H3,(H,16,19). The van der Waals surface area contributed by atoms with Crippen LogP contribution in [0.4, 0.5) is 0 Å². The van der Waals surface area contributed by atoms with E-state index in [1.807, 2.05) is 36.7 Å². The number of aliphatic hydroxyl groups excluding tert-OH is 1. The monoisotopic (exact) mass is 266 g/mol. The van der Waals surface area contributed by atoms with Gasteiger partial charge in [0.05, 0.1) is 0 Å². The molecule has 0 bridgehead atoms. The molecule has 19 heavy (non-hydrogen) atoms. The van der Waals surface area contributed by atoms with E-state index in [4.69, 9.17) is 5.11 Å². The Bertz CT molecular complexity index is 416. The molecule has 0 aliphatic heterocycles. The van der Waals surface area contributed by atoms with Crippen LogP contribution in [0.3, 0.4) is 0 Å². The zero-order chi connectivity index (χ0) is 14.6. The molecule has 108 valence electrons. The lowest BCUT2D eigenvalue weighted by molar-refractivity contribution is 0.0874. The Hall–Kier alpha value is -1.29. The molecule has 1 rings (SSSR count). The van der Waals surface area contributed by atoms with Crippen molar-refractivity contribution in [1.82, 2.24) is 9.88 Å². The first-order chi connectivity index (χ1) is 8.77. The fraction of sp³-hybridized carbons (Fsp3) is 0.667. The molecular weight excluding hydrogens is 240 g/mol. The number of aromatic nitrogens is 1. The quantitative estimate of drug-likeness (QED) is 0.860. The molecule has 1 aromatic heterocycles. The minimum absolute atomic E-state index is 0.0412. The van der Waals surface area contributed by atoms with Crippen molar-refractivity contribution in [3.05, 3.63) is 24.0 Å². The fourth-order valence-electron chi connectivity index (χ4n) is 2.12. The van der Waals surface area contributed by atoms with Gasteiger partial charge < -0.3 is 15.0 Å². The van der Waals surface area contributed by atoms with Crippen molar-refractivity contribution in [1.29, 1.82) is 0 Å². The highest BCUT2D eigenvalue weighted by molar-refractivity contribution is 5.93. The molecule has 1 aromatic rings. The number of nitrogens with one attached hydrogen (secondary N) is 1. The van der Waals surface area contributed by atoms with Crippen LogP contribution in [0.1, 0.15) is 57.6 Å². The SMILES string of the molecule is CC(C)n1cccc1C(=O)NC(CCO)C(C)(C)C. The third-order valence-corrected chi connectivity index (χ3v) is 3.34. The Balaban J connectivity index is 2.85. The molecule has 4 heteroatoms. The van der Waals surface area contributed by atoms with Crippen LogP contribution in [0, 0.1) is 5.41 Å². The predicted molar refractivity (Wildman–Crippen MR) is 77.2 cm³/mol. The van der Waals surface area contributed by atoms with Gasteiger partial charge in [-0.2, -0.15) is 0 Å². The minimum atomic E-state index is -0.0768. The Labute approximate surface area is 115 Å². The van der Waals surface area contributed by atoms with Gasteiger partial charge in [-0.25, -0.2) is 0 Å². The molecule has 1 unspecified atom stereocenters. The van der Waals surface area contributed by atoms with E-state index in [9.17, 15) is 4.79 Å². The number of hydrogen-bond acceptors (Lipinski definition) is 2. The molecule has 1 heterocycles. The van der Waals surface area contributed by atoms with Crippen LogP contribution in [-0.4, -0.2) is 28.2 Å². The Morgan fingerprint density at radius 2 is 2.05 bits per heavy atom. The van der Waals surface area contributed by atoms with Gasteiger partial charge in [0.25, 0.3) is 5.91 Å². The maximum absolute atomic E-state index is 12.3. The molecule has 4 nitrogen and oxygen atoms in total. The number of hydrogen-bond donors (Lipinski definition) is 2. The van der Waals surface area contributed by atoms with Crippen molar-refractivity contribution in [2.45, 2.75) is 53.1 Å². The molecule has 1 atom stereocenters. The maximum Gasteiger partial charge on any atom is 0.268 e. The molecule has 2 N–H and O–H groups in total. The predicted octanol–water partition coefficient (Wildman–Crippen LogP) is 2.60. The first kappa shape index (κ1) is 15.8. The summed E-state index contributed by atoms with van der Waals surface area (Å²) in [6.45, 7) is 10.4. The van der Waals surface area contributed by atoms with Gasteiger partial charge in [0.2, 0.25) is 0 Å². The second kappa shape index (κ2) is 6.24. The normalized spacial score (nSPS) is 13.6. The summed E-state index contributed by atoms with van der Waals surface area (Å²) in [5.74, 6) is -0.0768. The summed E-state index contributed by atoms with van der Waals surface area (Å²) in [5, 5.41) is 12.2. The van der Waals surface area contributed by atoms with E-state index < -0.39 is 0 Å². The van der Waals surface area contributed by atoms with Crippen molar-refractivity contribution in [3.63, 3.8) is 0 Å². The molecule has 0 saturated heterocycles. The Kier molecular flexibility index (Phi) is 5.18. The van der Waals surface area contributed by atoms with Gasteiger partial charge in [0.15, 0.2) is 0 Å². The van der Waals surface area contributed by atoms with Crippen molar-refractivity contribution >= 4 is 5.91 Å². The van der Waals surface area contributed by atoms with Gasteiger partial charge in [0, 0.05) is 24.9 Å². The number of nitrogens with zero attached hydrogens (tertiary/aromatic N) is 1. The van der Waals surface area contributed by atoms with Gasteiger partial charge in [-0.15, -0.1) is 0 Å². The Morgan fingerprint density at radius 3 is 2.53 bits per heavy atom. The lowest BCUT2D eigenvalue weighted by Crippen LogP contribution is -2.44. The average molecular weight is 266 g/mol. The summed E-state index contributed by atoms with van der Waals surface area (Å²) in [4.78, 5) is 12.3. The maximum atomic E-state index is 12.3. The molecule has 0 aliphatic carbocycles. The largest absolute Gasteiger partial charge is 0.396 e. The number of carbonyl (C=O) groups excluding carboxylic acids is 1. The molecular formula is C15H26N2O2. The van der Waals surface area contributed by atoms with Gasteiger partial charge >= 0.3 is 0 Å². The summed E-state index contributed by atoms with van der Waals surface area (Å²) >= 11 is 0. The highest BCUT2D eigenvalue weighted by Crippen LogP contribution is 2.22. The molecule has 0 spiro atoms. The molecule has 0 aliphatic rings. The van der Waals surface area contributed by atoms with Crippen LogP contribution in [0.15, 0.2) is 18.3 Å². The molecule has 0 saturated carbocycles. The van der Waals surface area contributed by atoms with Crippen LogP contribution in [0.5, 0.6) is 0 Å². The molecule has 0 aromatic carbocycles. The molecule has 1 amide bonds. The van der Waals surface area contributed by atoms with Gasteiger partial charge in [-0.3, -0.25) is 4.79 Å². The summed E-state index contributed by atoms with van der Waals surface area (Å²) in [7, 11) is 0. The third kappa shape index (κ3) is 4.10. The number of amides is 1. The van der Waals surface area contributed by atoms with E-state index >= 15 is 0 Å². The average Bonchev–Trinajstić information content (AvgIpc) is 2.75. The lowest BCUT2D eigenvalue weighted by atomic mass is 9.85. The number of rotatable bonds is 5. The highest BCUT2D eigenvalue weighted by atomic mass is 16.3. The summed E-state index contributed by atoms with van der Waals surface area (Å²) in [6.07, 6.45) is 2.48. The van der Waals surface area contributed by atoms with Crippen LogP contribution in [-0.2, 0) is 0 Å². The van der Waals surface area contributed by atoms with E-state index in [-0.39, 0.29) is 30.0 Å². The van der Waals surface area contributed by atoms with Crippen molar-refractivity contribution in [2.75, 3.05) is 6.61 Å². The number of carbonyl (C=O) groups is 1. The minimum Gasteiger partial charge on any atom is -0.396 e. The third-order valence-electron chi connectivity index (χ3n) is 3.34. The second-order valence-electron chi connectivity index (χ2n) is 6.30. The molecule has 0 fully saturated rings. The zero-order valence-corrected chi connectivity index (χ0v) is 12.6. The van der Waals surface area contributed by atoms with Crippen LogP contribution >= 0.6 is 0 Å². The second-order valence-corrected chi connectivity index (χ2v) is 6.30. The Morgan fingerprint density at radius 1 is 1.42 bits per heavy atom. The van der Waals surface area contributed by atoms with Gasteiger partial charge in [-0.1, -0.05) is 20.8 Å². The summed E-state index contributed by atoms with van der Waals surface area (Å²) < 4.78 is 1.95. The zero-order valence-electron chi connectivity index (χ0n) is 12.6. The topological polar surface area (TPSA) is 54.3 Å². The van der Waals surface area contributed by atoms with E-state index in [0.29, 0.717) is 12.1 Å². The first-order valence-electron chi connectivity index (χ1n) is 6.86. The van der Waals surface area contributed by atoms with Gasteiger partial charge in [-0.05, 0) is 37.8 Å². The van der Waals surface area contributed by atoms with Crippen molar-refractivity contribution in [3.8, 4) is 0 Å². The lowest BCUT2D eigenvalue weighted by Gasteiger charge is -2.31. The fourth-order valence-corrected chi connectivity index (χ4v) is 2.12. The van der Waals surface area contributed by atoms with Crippen LogP contribution < -0.4 is 5.32 Å². The van der Waals surface area contributed by atoms with E-state index in [1.54, 1.807) is 0 Å². The van der Waals surface area contributed by atoms with E-state index in [1.165, 1.54) is 0 Å². The highest BCUT2D eigenvalue weighted by Gasteiger charge is 2.26. The van der Waals surface area contributed by atoms with Gasteiger partial charge in [0.1, 0.15) is 5.69 Å². The van der Waals surface area contributed by atoms with Crippen LogP contribution in [0.2, 0.25) is 0 Å². The van der Waals surface area contributed by atoms with E-state index in [2.05, 4.69) is 26.1 Å². The number of aliphatic hydroxyl groups is 1. The van der Waals surface area contributed by atoms with Crippen molar-refractivity contribution in [2.24, 2.45) is 5.41 Å². The van der Waals surface area contributed by atoms with E-state index in [0.717, 1.165) is 0 Å². The molecule has 0 radical (unpaired) electrons. The summed E-state index contributed by atoms with van der Waals surface area (Å²) in [6, 6.07) is 3.92. The smallest absolute Gasteiger partial charge is 0.268 e.